The monoisotopic (exact) mass is 298 g/mol. The van der Waals surface area contributed by atoms with Gasteiger partial charge in [0.2, 0.25) is 5.91 Å². The molecule has 0 radical (unpaired) electrons. The van der Waals surface area contributed by atoms with E-state index in [4.69, 9.17) is 9.47 Å². The van der Waals surface area contributed by atoms with Gasteiger partial charge in [-0.15, -0.1) is 0 Å². The first-order valence-corrected chi connectivity index (χ1v) is 8.20. The van der Waals surface area contributed by atoms with Crippen molar-refractivity contribution in [2.24, 2.45) is 5.92 Å². The molecule has 0 atom stereocenters. The minimum absolute atomic E-state index is 0.151. The summed E-state index contributed by atoms with van der Waals surface area (Å²) in [7, 11) is 3.47. The Morgan fingerprint density at radius 3 is 2.52 bits per heavy atom. The highest BCUT2D eigenvalue weighted by Gasteiger charge is 2.39. The summed E-state index contributed by atoms with van der Waals surface area (Å²) in [6, 6.07) is 0. The zero-order valence-corrected chi connectivity index (χ0v) is 13.5. The molecule has 1 heterocycles. The Balaban J connectivity index is 1.60. The van der Waals surface area contributed by atoms with E-state index in [0.717, 1.165) is 45.6 Å². The molecule has 0 aromatic carbocycles. The minimum Gasteiger partial charge on any atom is -0.383 e. The van der Waals surface area contributed by atoms with E-state index in [1.807, 2.05) is 0 Å². The molecule has 21 heavy (non-hydrogen) atoms. The molecular formula is C16H30N2O3. The van der Waals surface area contributed by atoms with Crippen molar-refractivity contribution in [1.82, 2.24) is 10.2 Å². The Labute approximate surface area is 128 Å². The number of rotatable bonds is 8. The van der Waals surface area contributed by atoms with Crippen molar-refractivity contribution < 1.29 is 14.3 Å². The summed E-state index contributed by atoms with van der Waals surface area (Å²) < 4.78 is 10.6. The van der Waals surface area contributed by atoms with Crippen LogP contribution in [0.5, 0.6) is 0 Å². The van der Waals surface area contributed by atoms with Crippen LogP contribution in [0.1, 0.15) is 38.5 Å². The van der Waals surface area contributed by atoms with E-state index >= 15 is 0 Å². The highest BCUT2D eigenvalue weighted by atomic mass is 16.5. The number of nitrogens with zero attached hydrogens (tertiary/aromatic N) is 1. The van der Waals surface area contributed by atoms with Gasteiger partial charge in [-0.2, -0.15) is 0 Å². The van der Waals surface area contributed by atoms with Crippen molar-refractivity contribution in [3.05, 3.63) is 0 Å². The standard InChI is InChI=1S/C16H30N2O3/c1-20-11-10-18-8-4-14(5-9-18)13-17-15(19)12-16(21-2)6-3-7-16/h14H,3-13H2,1-2H3,(H,17,19). The molecule has 0 bridgehead atoms. The van der Waals surface area contributed by atoms with Gasteiger partial charge in [0, 0.05) is 27.3 Å². The molecule has 1 amide bonds. The van der Waals surface area contributed by atoms with Crippen LogP contribution in [-0.4, -0.2) is 63.4 Å². The molecule has 1 saturated carbocycles. The predicted molar refractivity (Wildman–Crippen MR) is 82.3 cm³/mol. The van der Waals surface area contributed by atoms with Crippen molar-refractivity contribution in [3.63, 3.8) is 0 Å². The Morgan fingerprint density at radius 2 is 2.00 bits per heavy atom. The first-order valence-electron chi connectivity index (χ1n) is 8.20. The second-order valence-electron chi connectivity index (χ2n) is 6.50. The Bertz CT molecular complexity index is 318. The first-order chi connectivity index (χ1) is 10.2. The van der Waals surface area contributed by atoms with Crippen molar-refractivity contribution in [2.45, 2.75) is 44.1 Å². The van der Waals surface area contributed by atoms with Gasteiger partial charge in [-0.1, -0.05) is 0 Å². The fourth-order valence-corrected chi connectivity index (χ4v) is 3.27. The second kappa shape index (κ2) is 8.11. The van der Waals surface area contributed by atoms with Gasteiger partial charge in [-0.25, -0.2) is 0 Å². The average Bonchev–Trinajstić information content (AvgIpc) is 2.48. The summed E-state index contributed by atoms with van der Waals surface area (Å²) in [4.78, 5) is 14.5. The Kier molecular flexibility index (Phi) is 6.45. The van der Waals surface area contributed by atoms with Crippen LogP contribution in [0.3, 0.4) is 0 Å². The summed E-state index contributed by atoms with van der Waals surface area (Å²) in [6.07, 6.45) is 6.08. The van der Waals surface area contributed by atoms with Crippen LogP contribution < -0.4 is 5.32 Å². The van der Waals surface area contributed by atoms with Gasteiger partial charge in [-0.05, 0) is 51.1 Å². The zero-order valence-electron chi connectivity index (χ0n) is 13.5. The average molecular weight is 298 g/mol. The molecule has 1 N–H and O–H groups in total. The third kappa shape index (κ3) is 4.94. The largest absolute Gasteiger partial charge is 0.383 e. The molecule has 5 nitrogen and oxygen atoms in total. The summed E-state index contributed by atoms with van der Waals surface area (Å²) in [5.41, 5.74) is -0.159. The van der Waals surface area contributed by atoms with Crippen LogP contribution in [-0.2, 0) is 14.3 Å². The van der Waals surface area contributed by atoms with Gasteiger partial charge in [0.1, 0.15) is 0 Å². The number of likely N-dealkylation sites (tertiary alicyclic amines) is 1. The number of hydrogen-bond acceptors (Lipinski definition) is 4. The molecule has 122 valence electrons. The number of piperidine rings is 1. The molecule has 2 rings (SSSR count). The fourth-order valence-electron chi connectivity index (χ4n) is 3.27. The highest BCUT2D eigenvalue weighted by Crippen LogP contribution is 2.37. The topological polar surface area (TPSA) is 50.8 Å². The molecule has 2 fully saturated rings. The van der Waals surface area contributed by atoms with Gasteiger partial charge in [-0.3, -0.25) is 4.79 Å². The minimum atomic E-state index is -0.159. The van der Waals surface area contributed by atoms with Gasteiger partial charge < -0.3 is 19.7 Å². The van der Waals surface area contributed by atoms with E-state index < -0.39 is 0 Å². The quantitative estimate of drug-likeness (QED) is 0.736. The summed E-state index contributed by atoms with van der Waals surface area (Å²) >= 11 is 0. The zero-order chi connectivity index (χ0) is 15.1. The number of carbonyl (C=O) groups is 1. The number of ether oxygens (including phenoxy) is 2. The Morgan fingerprint density at radius 1 is 1.29 bits per heavy atom. The van der Waals surface area contributed by atoms with Gasteiger partial charge in [0.05, 0.1) is 18.6 Å². The fraction of sp³-hybridized carbons (Fsp3) is 0.938. The van der Waals surface area contributed by atoms with Crippen molar-refractivity contribution >= 4 is 5.91 Å². The van der Waals surface area contributed by atoms with Crippen molar-refractivity contribution in [3.8, 4) is 0 Å². The number of methoxy groups -OCH3 is 2. The van der Waals surface area contributed by atoms with Crippen LogP contribution in [0.4, 0.5) is 0 Å². The first kappa shape index (κ1) is 16.7. The van der Waals surface area contributed by atoms with Gasteiger partial charge in [0.15, 0.2) is 0 Å². The van der Waals surface area contributed by atoms with Crippen LogP contribution >= 0.6 is 0 Å². The maximum absolute atomic E-state index is 12.0. The second-order valence-corrected chi connectivity index (χ2v) is 6.50. The maximum Gasteiger partial charge on any atom is 0.222 e. The lowest BCUT2D eigenvalue weighted by Crippen LogP contribution is -2.45. The normalized spacial score (nSPS) is 22.8. The Hall–Kier alpha value is -0.650. The van der Waals surface area contributed by atoms with Crippen molar-refractivity contribution in [2.75, 3.05) is 47.0 Å². The summed E-state index contributed by atoms with van der Waals surface area (Å²) in [6.45, 7) is 4.88. The number of amides is 1. The number of nitrogens with one attached hydrogen (secondary N) is 1. The van der Waals surface area contributed by atoms with Gasteiger partial charge in [0.25, 0.3) is 0 Å². The maximum atomic E-state index is 12.0. The predicted octanol–water partition coefficient (Wildman–Crippen LogP) is 1.42. The number of hydrogen-bond donors (Lipinski definition) is 1. The molecule has 1 aliphatic heterocycles. The van der Waals surface area contributed by atoms with E-state index in [9.17, 15) is 4.79 Å². The van der Waals surface area contributed by atoms with E-state index in [-0.39, 0.29) is 11.5 Å². The molecule has 1 aliphatic carbocycles. The van der Waals surface area contributed by atoms with E-state index in [2.05, 4.69) is 10.2 Å². The van der Waals surface area contributed by atoms with E-state index in [1.165, 1.54) is 19.3 Å². The van der Waals surface area contributed by atoms with Crippen LogP contribution in [0, 0.1) is 5.92 Å². The third-order valence-corrected chi connectivity index (χ3v) is 5.09. The van der Waals surface area contributed by atoms with Crippen molar-refractivity contribution in [1.29, 1.82) is 0 Å². The third-order valence-electron chi connectivity index (χ3n) is 5.09. The lowest BCUT2D eigenvalue weighted by atomic mass is 9.77. The molecule has 5 heteroatoms. The summed E-state index contributed by atoms with van der Waals surface area (Å²) in [5, 5.41) is 3.11. The van der Waals surface area contributed by atoms with Crippen LogP contribution in [0.2, 0.25) is 0 Å². The summed E-state index contributed by atoms with van der Waals surface area (Å²) in [5.74, 6) is 0.769. The molecule has 0 aromatic rings. The van der Waals surface area contributed by atoms with Crippen LogP contribution in [0.25, 0.3) is 0 Å². The number of carbonyl (C=O) groups excluding carboxylic acids is 1. The molecule has 0 spiro atoms. The lowest BCUT2D eigenvalue weighted by molar-refractivity contribution is -0.134. The van der Waals surface area contributed by atoms with Gasteiger partial charge >= 0.3 is 0 Å². The molecule has 2 aliphatic rings. The van der Waals surface area contributed by atoms with E-state index in [0.29, 0.717) is 12.3 Å². The molecule has 0 aromatic heterocycles. The SMILES string of the molecule is COCCN1CCC(CNC(=O)CC2(OC)CCC2)CC1. The molecule has 1 saturated heterocycles. The molecule has 0 unspecified atom stereocenters. The lowest BCUT2D eigenvalue weighted by Gasteiger charge is -2.40. The molecular weight excluding hydrogens is 268 g/mol. The smallest absolute Gasteiger partial charge is 0.222 e. The highest BCUT2D eigenvalue weighted by molar-refractivity contribution is 5.77. The van der Waals surface area contributed by atoms with E-state index in [1.54, 1.807) is 14.2 Å². The van der Waals surface area contributed by atoms with Crippen LogP contribution in [0.15, 0.2) is 0 Å².